The van der Waals surface area contributed by atoms with Gasteiger partial charge in [-0.15, -0.1) is 0 Å². The van der Waals surface area contributed by atoms with Gasteiger partial charge in [0.1, 0.15) is 5.75 Å². The van der Waals surface area contributed by atoms with Gasteiger partial charge in [0.25, 0.3) is 0 Å². The maximum atomic E-state index is 11.7. The SMILES string of the molecule is C=CC(=O)Oc1c(C)cc([S+]2c3ccccc3Cc3ccccc32)cc1C. The highest BCUT2D eigenvalue weighted by atomic mass is 32.2. The number of fused-ring (bicyclic) bond motifs is 2. The fourth-order valence-corrected chi connectivity index (χ4v) is 6.18. The van der Waals surface area contributed by atoms with Crippen molar-refractivity contribution in [3.63, 3.8) is 0 Å². The zero-order valence-electron chi connectivity index (χ0n) is 15.5. The van der Waals surface area contributed by atoms with Crippen molar-refractivity contribution in [1.82, 2.24) is 0 Å². The zero-order chi connectivity index (χ0) is 19.0. The minimum atomic E-state index is -0.426. The summed E-state index contributed by atoms with van der Waals surface area (Å²) in [5.74, 6) is 0.204. The van der Waals surface area contributed by atoms with Crippen LogP contribution in [-0.4, -0.2) is 5.97 Å². The van der Waals surface area contributed by atoms with E-state index in [9.17, 15) is 4.79 Å². The number of esters is 1. The van der Waals surface area contributed by atoms with Crippen molar-refractivity contribution in [3.8, 4) is 5.75 Å². The molecule has 3 aromatic carbocycles. The van der Waals surface area contributed by atoms with Crippen LogP contribution in [0.5, 0.6) is 5.75 Å². The van der Waals surface area contributed by atoms with E-state index >= 15 is 0 Å². The van der Waals surface area contributed by atoms with Crippen molar-refractivity contribution < 1.29 is 9.53 Å². The maximum absolute atomic E-state index is 11.7. The van der Waals surface area contributed by atoms with Crippen molar-refractivity contribution in [2.75, 3.05) is 0 Å². The Balaban J connectivity index is 1.87. The molecule has 0 radical (unpaired) electrons. The smallest absolute Gasteiger partial charge is 0.335 e. The second-order valence-electron chi connectivity index (χ2n) is 6.71. The molecule has 4 rings (SSSR count). The third kappa shape index (κ3) is 3.19. The highest BCUT2D eigenvalue weighted by Gasteiger charge is 2.37. The average Bonchev–Trinajstić information content (AvgIpc) is 2.68. The number of aryl methyl sites for hydroxylation is 2. The van der Waals surface area contributed by atoms with Gasteiger partial charge in [0.2, 0.25) is 0 Å². The quantitative estimate of drug-likeness (QED) is 0.208. The summed E-state index contributed by atoms with van der Waals surface area (Å²) in [7, 11) is -0.162. The third-order valence-corrected chi connectivity index (χ3v) is 7.19. The second-order valence-corrected chi connectivity index (χ2v) is 8.67. The Morgan fingerprint density at radius 3 is 2.00 bits per heavy atom. The number of rotatable bonds is 3. The summed E-state index contributed by atoms with van der Waals surface area (Å²) in [5, 5.41) is 0. The second kappa shape index (κ2) is 7.09. The molecule has 0 saturated heterocycles. The predicted octanol–water partition coefficient (Wildman–Crippen LogP) is 5.39. The molecule has 27 heavy (non-hydrogen) atoms. The molecule has 0 saturated carbocycles. The molecular formula is C24H21O2S+. The van der Waals surface area contributed by atoms with Crippen LogP contribution in [0.1, 0.15) is 22.3 Å². The third-order valence-electron chi connectivity index (χ3n) is 4.80. The topological polar surface area (TPSA) is 26.3 Å². The fourth-order valence-electron chi connectivity index (χ4n) is 3.61. The van der Waals surface area contributed by atoms with E-state index in [1.807, 2.05) is 13.8 Å². The Morgan fingerprint density at radius 1 is 0.963 bits per heavy atom. The normalized spacial score (nSPS) is 12.8. The van der Waals surface area contributed by atoms with E-state index in [0.717, 1.165) is 17.5 Å². The predicted molar refractivity (Wildman–Crippen MR) is 110 cm³/mol. The Kier molecular flexibility index (Phi) is 4.63. The van der Waals surface area contributed by atoms with Gasteiger partial charge in [-0.3, -0.25) is 0 Å². The standard InChI is InChI=1S/C24H21O2S/c1-4-23(25)26-24-16(2)13-20(14-17(24)3)27-21-11-7-5-9-18(21)15-19-10-6-8-12-22(19)27/h4-14H,1,15H2,2-3H3/q+1. The monoisotopic (exact) mass is 373 g/mol. The highest BCUT2D eigenvalue weighted by molar-refractivity contribution is 7.97. The molecule has 0 fully saturated rings. The zero-order valence-corrected chi connectivity index (χ0v) is 16.3. The first-order valence-electron chi connectivity index (χ1n) is 8.94. The summed E-state index contributed by atoms with van der Waals surface area (Å²) in [4.78, 5) is 15.7. The van der Waals surface area contributed by atoms with Crippen LogP contribution < -0.4 is 4.74 Å². The van der Waals surface area contributed by atoms with Gasteiger partial charge in [-0.25, -0.2) is 4.79 Å². The van der Waals surface area contributed by atoms with Gasteiger partial charge < -0.3 is 4.74 Å². The molecule has 0 aromatic heterocycles. The minimum absolute atomic E-state index is 0.162. The molecule has 3 aromatic rings. The number of carbonyl (C=O) groups excluding carboxylic acids is 1. The van der Waals surface area contributed by atoms with E-state index in [1.54, 1.807) is 0 Å². The largest absolute Gasteiger partial charge is 0.423 e. The Bertz CT molecular complexity index is 983. The lowest BCUT2D eigenvalue weighted by Gasteiger charge is -2.20. The lowest BCUT2D eigenvalue weighted by molar-refractivity contribution is -0.129. The number of carbonyl (C=O) groups is 1. The van der Waals surface area contributed by atoms with Gasteiger partial charge in [-0.1, -0.05) is 43.0 Å². The van der Waals surface area contributed by atoms with Crippen molar-refractivity contribution in [2.45, 2.75) is 35.0 Å². The van der Waals surface area contributed by atoms with Gasteiger partial charge in [-0.05, 0) is 37.1 Å². The first-order valence-corrected chi connectivity index (χ1v) is 10.2. The Morgan fingerprint density at radius 2 is 1.48 bits per heavy atom. The molecule has 1 aliphatic heterocycles. The van der Waals surface area contributed by atoms with Crippen LogP contribution in [-0.2, 0) is 22.1 Å². The summed E-state index contributed by atoms with van der Waals surface area (Å²) >= 11 is 0. The van der Waals surface area contributed by atoms with E-state index in [4.69, 9.17) is 4.74 Å². The summed E-state index contributed by atoms with van der Waals surface area (Å²) in [6.45, 7) is 7.47. The Hall–Kier alpha value is -2.78. The molecule has 2 nitrogen and oxygen atoms in total. The summed E-state index contributed by atoms with van der Waals surface area (Å²) in [5.41, 5.74) is 4.70. The number of hydrogen-bond donors (Lipinski definition) is 0. The molecule has 0 amide bonds. The average molecular weight is 373 g/mol. The lowest BCUT2D eigenvalue weighted by atomic mass is 10.0. The highest BCUT2D eigenvalue weighted by Crippen LogP contribution is 2.42. The molecule has 1 aliphatic rings. The summed E-state index contributed by atoms with van der Waals surface area (Å²) < 4.78 is 5.45. The molecule has 0 unspecified atom stereocenters. The molecule has 0 aliphatic carbocycles. The number of hydrogen-bond acceptors (Lipinski definition) is 2. The van der Waals surface area contributed by atoms with Crippen molar-refractivity contribution in [1.29, 1.82) is 0 Å². The van der Waals surface area contributed by atoms with Crippen LogP contribution in [0.4, 0.5) is 0 Å². The Labute approximate surface area is 162 Å². The summed E-state index contributed by atoms with van der Waals surface area (Å²) in [6, 6.07) is 21.7. The molecular weight excluding hydrogens is 352 g/mol. The molecule has 134 valence electrons. The van der Waals surface area contributed by atoms with Crippen LogP contribution >= 0.6 is 0 Å². The number of benzene rings is 3. The van der Waals surface area contributed by atoms with Gasteiger partial charge >= 0.3 is 5.97 Å². The maximum Gasteiger partial charge on any atom is 0.335 e. The van der Waals surface area contributed by atoms with Crippen molar-refractivity contribution >= 4 is 16.9 Å². The van der Waals surface area contributed by atoms with E-state index < -0.39 is 5.97 Å². The van der Waals surface area contributed by atoms with Crippen molar-refractivity contribution in [2.24, 2.45) is 0 Å². The van der Waals surface area contributed by atoms with E-state index in [2.05, 4.69) is 67.2 Å². The molecule has 0 bridgehead atoms. The van der Waals surface area contributed by atoms with Crippen LogP contribution in [0.2, 0.25) is 0 Å². The number of ether oxygens (including phenoxy) is 1. The van der Waals surface area contributed by atoms with Gasteiger partial charge in [-0.2, -0.15) is 0 Å². The molecule has 1 heterocycles. The fraction of sp³-hybridized carbons (Fsp3) is 0.125. The van der Waals surface area contributed by atoms with Gasteiger partial charge in [0.15, 0.2) is 14.7 Å². The van der Waals surface area contributed by atoms with Crippen molar-refractivity contribution in [3.05, 3.63) is 95.6 Å². The first-order chi connectivity index (χ1) is 13.1. The van der Waals surface area contributed by atoms with Crippen LogP contribution in [0.3, 0.4) is 0 Å². The first kappa shape index (κ1) is 17.6. The van der Waals surface area contributed by atoms with E-state index in [-0.39, 0.29) is 10.9 Å². The minimum Gasteiger partial charge on any atom is -0.423 e. The molecule has 3 heteroatoms. The lowest BCUT2D eigenvalue weighted by Crippen LogP contribution is -2.16. The van der Waals surface area contributed by atoms with E-state index in [0.29, 0.717) is 5.75 Å². The molecule has 0 spiro atoms. The van der Waals surface area contributed by atoms with Crippen LogP contribution in [0, 0.1) is 13.8 Å². The summed E-state index contributed by atoms with van der Waals surface area (Å²) in [6.07, 6.45) is 2.17. The molecule has 0 N–H and O–H groups in total. The van der Waals surface area contributed by atoms with Crippen LogP contribution in [0.25, 0.3) is 0 Å². The van der Waals surface area contributed by atoms with Crippen LogP contribution in [0.15, 0.2) is 88.0 Å². The molecule has 0 atom stereocenters. The van der Waals surface area contributed by atoms with Gasteiger partial charge in [0, 0.05) is 35.8 Å². The van der Waals surface area contributed by atoms with Gasteiger partial charge in [0.05, 0.1) is 10.9 Å². The van der Waals surface area contributed by atoms with E-state index in [1.165, 1.54) is 31.9 Å².